The molecule has 1 aromatic rings. The Labute approximate surface area is 74.7 Å². The van der Waals surface area contributed by atoms with Crippen molar-refractivity contribution in [1.82, 2.24) is 9.97 Å². The summed E-state index contributed by atoms with van der Waals surface area (Å²) in [4.78, 5) is 7.24. The number of hydrogen-bond acceptors (Lipinski definition) is 6. The molecule has 1 rings (SSSR count). The Bertz CT molecular complexity index is 264. The molecular weight excluding hydrogens is 174 g/mol. The predicted octanol–water partition coefficient (Wildman–Crippen LogP) is -1.46. The maximum absolute atomic E-state index is 9.34. The van der Waals surface area contributed by atoms with Crippen LogP contribution in [0, 0.1) is 0 Å². The van der Waals surface area contributed by atoms with Gasteiger partial charge in [0.1, 0.15) is 6.10 Å². The number of rotatable bonds is 3. The molecule has 0 saturated heterocycles. The van der Waals surface area contributed by atoms with Crippen LogP contribution >= 0.6 is 0 Å². The Balaban J connectivity index is 2.77. The van der Waals surface area contributed by atoms with Gasteiger partial charge in [-0.1, -0.05) is 0 Å². The fourth-order valence-corrected chi connectivity index (χ4v) is 0.785. The van der Waals surface area contributed by atoms with E-state index in [4.69, 9.17) is 15.9 Å². The Morgan fingerprint density at radius 2 is 1.85 bits per heavy atom. The molecular formula is C7H11N3O3. The van der Waals surface area contributed by atoms with Crippen LogP contribution in [0.1, 0.15) is 11.9 Å². The number of aliphatic hydroxyl groups excluding tert-OH is 2. The lowest BCUT2D eigenvalue weighted by molar-refractivity contribution is 0.0188. The average molecular weight is 185 g/mol. The largest absolute Gasteiger partial charge is 0.505 e. The monoisotopic (exact) mass is 185 g/mol. The van der Waals surface area contributed by atoms with E-state index in [0.717, 1.165) is 12.4 Å². The van der Waals surface area contributed by atoms with Gasteiger partial charge in [-0.05, 0) is 0 Å². The highest BCUT2D eigenvalue weighted by molar-refractivity contribution is 5.10. The molecule has 0 fully saturated rings. The molecule has 0 aliphatic carbocycles. The molecule has 0 aliphatic rings. The van der Waals surface area contributed by atoms with E-state index in [0.29, 0.717) is 0 Å². The van der Waals surface area contributed by atoms with Crippen LogP contribution in [-0.4, -0.2) is 37.9 Å². The van der Waals surface area contributed by atoms with E-state index < -0.39 is 12.2 Å². The summed E-state index contributed by atoms with van der Waals surface area (Å²) in [5.41, 5.74) is 5.13. The van der Waals surface area contributed by atoms with Gasteiger partial charge in [-0.25, -0.2) is 9.97 Å². The van der Waals surface area contributed by atoms with Gasteiger partial charge >= 0.3 is 0 Å². The predicted molar refractivity (Wildman–Crippen MR) is 43.7 cm³/mol. The average Bonchev–Trinajstić information content (AvgIpc) is 2.17. The van der Waals surface area contributed by atoms with Crippen LogP contribution in [0.25, 0.3) is 0 Å². The minimum absolute atomic E-state index is 0.0377. The van der Waals surface area contributed by atoms with Gasteiger partial charge in [0.05, 0.1) is 18.5 Å². The summed E-state index contributed by atoms with van der Waals surface area (Å²) in [7, 11) is 0. The van der Waals surface area contributed by atoms with Crippen LogP contribution < -0.4 is 5.73 Å². The second-order valence-corrected chi connectivity index (χ2v) is 2.55. The van der Waals surface area contributed by atoms with E-state index >= 15 is 0 Å². The van der Waals surface area contributed by atoms with Crippen LogP contribution in [0.3, 0.4) is 0 Å². The van der Waals surface area contributed by atoms with E-state index in [-0.39, 0.29) is 18.1 Å². The van der Waals surface area contributed by atoms with Crippen molar-refractivity contribution in [2.75, 3.05) is 6.54 Å². The van der Waals surface area contributed by atoms with Crippen molar-refractivity contribution >= 4 is 0 Å². The zero-order valence-corrected chi connectivity index (χ0v) is 6.83. The fourth-order valence-electron chi connectivity index (χ4n) is 0.785. The van der Waals surface area contributed by atoms with Crippen molar-refractivity contribution in [3.8, 4) is 5.75 Å². The summed E-state index contributed by atoms with van der Waals surface area (Å²) in [6.45, 7) is -0.0780. The molecule has 0 spiro atoms. The second-order valence-electron chi connectivity index (χ2n) is 2.55. The zero-order valence-electron chi connectivity index (χ0n) is 6.83. The van der Waals surface area contributed by atoms with E-state index in [1.807, 2.05) is 0 Å². The van der Waals surface area contributed by atoms with Crippen LogP contribution in [0.4, 0.5) is 0 Å². The van der Waals surface area contributed by atoms with Crippen molar-refractivity contribution in [2.24, 2.45) is 5.73 Å². The molecule has 1 heterocycles. The molecule has 2 unspecified atom stereocenters. The molecule has 0 aliphatic heterocycles. The van der Waals surface area contributed by atoms with Crippen molar-refractivity contribution in [2.45, 2.75) is 12.2 Å². The molecule has 6 nitrogen and oxygen atoms in total. The molecule has 0 aromatic carbocycles. The first-order valence-corrected chi connectivity index (χ1v) is 3.72. The Hall–Kier alpha value is -1.24. The lowest BCUT2D eigenvalue weighted by Crippen LogP contribution is -2.28. The highest BCUT2D eigenvalue weighted by atomic mass is 16.3. The van der Waals surface area contributed by atoms with Crippen LogP contribution in [0.5, 0.6) is 5.75 Å². The minimum atomic E-state index is -1.22. The molecule has 0 amide bonds. The summed E-state index contributed by atoms with van der Waals surface area (Å²) in [5.74, 6) is -0.0612. The van der Waals surface area contributed by atoms with E-state index in [9.17, 15) is 5.11 Å². The van der Waals surface area contributed by atoms with Gasteiger partial charge in [0.15, 0.2) is 11.6 Å². The summed E-state index contributed by atoms with van der Waals surface area (Å²) < 4.78 is 0. The van der Waals surface area contributed by atoms with Crippen LogP contribution in [-0.2, 0) is 0 Å². The number of aromatic hydroxyl groups is 1. The lowest BCUT2D eigenvalue weighted by Gasteiger charge is -2.13. The van der Waals surface area contributed by atoms with Gasteiger partial charge in [-0.3, -0.25) is 0 Å². The van der Waals surface area contributed by atoms with Crippen molar-refractivity contribution in [3.05, 3.63) is 18.2 Å². The fraction of sp³-hybridized carbons (Fsp3) is 0.429. The Morgan fingerprint density at radius 3 is 2.31 bits per heavy atom. The second kappa shape index (κ2) is 4.13. The Morgan fingerprint density at radius 1 is 1.31 bits per heavy atom. The van der Waals surface area contributed by atoms with E-state index in [2.05, 4.69) is 9.97 Å². The molecule has 0 bridgehead atoms. The number of hydrogen-bond donors (Lipinski definition) is 4. The highest BCUT2D eigenvalue weighted by Crippen LogP contribution is 2.12. The van der Waals surface area contributed by atoms with Crippen molar-refractivity contribution in [3.63, 3.8) is 0 Å². The summed E-state index contributed by atoms with van der Waals surface area (Å²) in [5, 5.41) is 27.3. The van der Waals surface area contributed by atoms with Gasteiger partial charge in [-0.15, -0.1) is 0 Å². The number of aliphatic hydroxyl groups is 2. The quantitative estimate of drug-likeness (QED) is 0.457. The molecule has 13 heavy (non-hydrogen) atoms. The lowest BCUT2D eigenvalue weighted by atomic mass is 10.2. The maximum Gasteiger partial charge on any atom is 0.159 e. The summed E-state index contributed by atoms with van der Waals surface area (Å²) >= 11 is 0. The molecule has 72 valence electrons. The van der Waals surface area contributed by atoms with E-state index in [1.165, 1.54) is 0 Å². The highest BCUT2D eigenvalue weighted by Gasteiger charge is 2.19. The standard InChI is InChI=1S/C7H11N3O3/c8-1-5(12)6(13)7-9-2-4(11)3-10-7/h2-3,5-6,11-13H,1,8H2. The molecule has 6 heteroatoms. The minimum Gasteiger partial charge on any atom is -0.505 e. The third-order valence-electron chi connectivity index (χ3n) is 1.53. The number of nitrogens with two attached hydrogens (primary N) is 1. The topological polar surface area (TPSA) is 112 Å². The third-order valence-corrected chi connectivity index (χ3v) is 1.53. The SMILES string of the molecule is NCC(O)C(O)c1ncc(O)cn1. The molecule has 2 atom stereocenters. The van der Waals surface area contributed by atoms with Gasteiger partial charge in [0.25, 0.3) is 0 Å². The summed E-state index contributed by atoms with van der Waals surface area (Å²) in [6, 6.07) is 0. The Kier molecular flexibility index (Phi) is 3.13. The molecule has 0 saturated carbocycles. The van der Waals surface area contributed by atoms with Crippen LogP contribution in [0.15, 0.2) is 12.4 Å². The normalized spacial score (nSPS) is 15.3. The van der Waals surface area contributed by atoms with Crippen LogP contribution in [0.2, 0.25) is 0 Å². The van der Waals surface area contributed by atoms with Crippen molar-refractivity contribution < 1.29 is 15.3 Å². The first-order valence-electron chi connectivity index (χ1n) is 3.72. The van der Waals surface area contributed by atoms with Crippen molar-refractivity contribution in [1.29, 1.82) is 0 Å². The molecule has 0 radical (unpaired) electrons. The summed E-state index contributed by atoms with van der Waals surface area (Å²) in [6.07, 6.45) is -0.0426. The number of aromatic nitrogens is 2. The first-order chi connectivity index (χ1) is 6.15. The van der Waals surface area contributed by atoms with E-state index in [1.54, 1.807) is 0 Å². The maximum atomic E-state index is 9.34. The number of nitrogens with zero attached hydrogens (tertiary/aromatic N) is 2. The van der Waals surface area contributed by atoms with Gasteiger partial charge < -0.3 is 21.1 Å². The smallest absolute Gasteiger partial charge is 0.159 e. The molecule has 1 aromatic heterocycles. The third kappa shape index (κ3) is 2.35. The zero-order chi connectivity index (χ0) is 9.84. The van der Waals surface area contributed by atoms with Gasteiger partial charge in [0.2, 0.25) is 0 Å². The van der Waals surface area contributed by atoms with Gasteiger partial charge in [0, 0.05) is 6.54 Å². The van der Waals surface area contributed by atoms with Gasteiger partial charge in [-0.2, -0.15) is 0 Å². The first kappa shape index (κ1) is 9.85. The molecule has 5 N–H and O–H groups in total.